The zero-order chi connectivity index (χ0) is 7.84. The lowest BCUT2D eigenvalue weighted by molar-refractivity contribution is 1.61. The maximum atomic E-state index is 2.38. The van der Waals surface area contributed by atoms with Crippen LogP contribution in [0, 0.1) is 0 Å². The van der Waals surface area contributed by atoms with Crippen LogP contribution in [0.5, 0.6) is 0 Å². The molecule has 0 amide bonds. The normalized spacial score (nSPS) is 13.0. The maximum absolute atomic E-state index is 2.38. The van der Waals surface area contributed by atoms with Crippen LogP contribution < -0.4 is 5.19 Å². The molecule has 0 nitrogen and oxygen atoms in total. The molecule has 0 aromatic heterocycles. The lowest BCUT2D eigenvalue weighted by atomic mass is 9.98. The van der Waals surface area contributed by atoms with Gasteiger partial charge in [0.25, 0.3) is 0 Å². The second-order valence-corrected chi connectivity index (χ2v) is 6.27. The monoisotopic (exact) mass is 160 g/mol. The third-order valence-corrected chi connectivity index (χ3v) is 3.97. The van der Waals surface area contributed by atoms with Gasteiger partial charge in [-0.2, -0.15) is 0 Å². The highest BCUT2D eigenvalue weighted by atomic mass is 28.3. The molecule has 0 atom stereocenters. The third kappa shape index (κ3) is 0.961. The van der Waals surface area contributed by atoms with Crippen molar-refractivity contribution in [2.45, 2.75) is 13.1 Å². The van der Waals surface area contributed by atoms with Gasteiger partial charge < -0.3 is 0 Å². The van der Waals surface area contributed by atoms with Crippen molar-refractivity contribution >= 4 is 26.1 Å². The number of hydrogen-bond acceptors (Lipinski definition) is 0. The summed E-state index contributed by atoms with van der Waals surface area (Å²) < 4.78 is 0. The first-order valence-electron chi connectivity index (χ1n) is 4.10. The van der Waals surface area contributed by atoms with Crippen LogP contribution in [-0.4, -0.2) is 8.80 Å². The SMILES string of the molecule is C[SiH](C)c1cccc2c1C=C2. The summed E-state index contributed by atoms with van der Waals surface area (Å²) >= 11 is 0. The summed E-state index contributed by atoms with van der Waals surface area (Å²) in [7, 11) is -0.596. The first-order valence-corrected chi connectivity index (χ1v) is 6.98. The summed E-state index contributed by atoms with van der Waals surface area (Å²) in [6, 6.07) is 6.64. The summed E-state index contributed by atoms with van der Waals surface area (Å²) in [5.74, 6) is 0. The standard InChI is InChI=1S/C10H12Si/c1-11(2)10-5-3-4-8-6-7-9(8)10/h3-7,11H,1-2H3. The number of hydrogen-bond donors (Lipinski definition) is 0. The van der Waals surface area contributed by atoms with Gasteiger partial charge in [-0.15, -0.1) is 0 Å². The first-order chi connectivity index (χ1) is 5.29. The number of fused-ring (bicyclic) bond motifs is 1. The molecule has 0 fully saturated rings. The van der Waals surface area contributed by atoms with Crippen molar-refractivity contribution in [1.29, 1.82) is 0 Å². The van der Waals surface area contributed by atoms with Crippen molar-refractivity contribution in [3.05, 3.63) is 29.3 Å². The maximum Gasteiger partial charge on any atom is 0.0655 e. The predicted octanol–water partition coefficient (Wildman–Crippen LogP) is 1.86. The van der Waals surface area contributed by atoms with E-state index in [1.165, 1.54) is 11.1 Å². The Bertz CT molecular complexity index is 311. The largest absolute Gasteiger partial charge is 0.0682 e. The molecule has 0 N–H and O–H groups in total. The minimum Gasteiger partial charge on any atom is -0.0682 e. The minimum atomic E-state index is -0.596. The molecular weight excluding hydrogens is 148 g/mol. The van der Waals surface area contributed by atoms with Crippen LogP contribution in [0.1, 0.15) is 11.1 Å². The molecule has 0 saturated heterocycles. The van der Waals surface area contributed by atoms with Crippen LogP contribution >= 0.6 is 0 Å². The van der Waals surface area contributed by atoms with Crippen LogP contribution in [0.3, 0.4) is 0 Å². The van der Waals surface area contributed by atoms with Gasteiger partial charge in [0.15, 0.2) is 0 Å². The van der Waals surface area contributed by atoms with Crippen molar-refractivity contribution in [2.75, 3.05) is 0 Å². The van der Waals surface area contributed by atoms with E-state index in [4.69, 9.17) is 0 Å². The van der Waals surface area contributed by atoms with Gasteiger partial charge in [-0.3, -0.25) is 0 Å². The van der Waals surface area contributed by atoms with Gasteiger partial charge in [0.2, 0.25) is 0 Å². The Morgan fingerprint density at radius 3 is 2.36 bits per heavy atom. The van der Waals surface area contributed by atoms with Crippen LogP contribution in [0.4, 0.5) is 0 Å². The van der Waals surface area contributed by atoms with Crippen molar-refractivity contribution in [3.8, 4) is 0 Å². The highest BCUT2D eigenvalue weighted by Crippen LogP contribution is 2.21. The van der Waals surface area contributed by atoms with E-state index in [1.54, 1.807) is 5.19 Å². The van der Waals surface area contributed by atoms with Crippen LogP contribution in [0.2, 0.25) is 13.1 Å². The fourth-order valence-electron chi connectivity index (χ4n) is 1.52. The van der Waals surface area contributed by atoms with Crippen molar-refractivity contribution in [1.82, 2.24) is 0 Å². The van der Waals surface area contributed by atoms with Gasteiger partial charge in [0, 0.05) is 0 Å². The Labute approximate surface area is 69.2 Å². The zero-order valence-electron chi connectivity index (χ0n) is 6.96. The Kier molecular flexibility index (Phi) is 1.46. The van der Waals surface area contributed by atoms with E-state index >= 15 is 0 Å². The van der Waals surface area contributed by atoms with E-state index in [0.29, 0.717) is 0 Å². The molecule has 0 radical (unpaired) electrons. The molecule has 0 bridgehead atoms. The summed E-state index contributed by atoms with van der Waals surface area (Å²) in [6.45, 7) is 4.75. The molecule has 2 rings (SSSR count). The van der Waals surface area contributed by atoms with Gasteiger partial charge in [-0.25, -0.2) is 0 Å². The summed E-state index contributed by atoms with van der Waals surface area (Å²) in [5, 5.41) is 1.62. The predicted molar refractivity (Wildman–Crippen MR) is 53.9 cm³/mol. The average Bonchev–Trinajstić information content (AvgIpc) is 1.90. The summed E-state index contributed by atoms with van der Waals surface area (Å²) in [4.78, 5) is 0. The minimum absolute atomic E-state index is 0.596. The van der Waals surface area contributed by atoms with Crippen molar-refractivity contribution < 1.29 is 0 Å². The second-order valence-electron chi connectivity index (χ2n) is 3.34. The molecule has 1 heteroatoms. The van der Waals surface area contributed by atoms with E-state index in [0.717, 1.165) is 0 Å². The molecular formula is C10H12Si. The van der Waals surface area contributed by atoms with E-state index in [-0.39, 0.29) is 0 Å². The van der Waals surface area contributed by atoms with Crippen LogP contribution in [0.25, 0.3) is 12.2 Å². The molecule has 0 unspecified atom stereocenters. The van der Waals surface area contributed by atoms with Crippen molar-refractivity contribution in [2.24, 2.45) is 0 Å². The fourth-order valence-corrected chi connectivity index (χ4v) is 2.90. The molecule has 1 aliphatic carbocycles. The quantitative estimate of drug-likeness (QED) is 0.559. The Morgan fingerprint density at radius 1 is 1.09 bits per heavy atom. The van der Waals surface area contributed by atoms with Crippen LogP contribution in [0.15, 0.2) is 18.2 Å². The number of benzene rings is 1. The van der Waals surface area contributed by atoms with E-state index < -0.39 is 8.80 Å². The van der Waals surface area contributed by atoms with Crippen LogP contribution in [-0.2, 0) is 0 Å². The first kappa shape index (κ1) is 6.86. The molecule has 0 saturated carbocycles. The highest BCUT2D eigenvalue weighted by Gasteiger charge is 2.12. The molecule has 1 aliphatic rings. The zero-order valence-corrected chi connectivity index (χ0v) is 8.12. The summed E-state index contributed by atoms with van der Waals surface area (Å²) in [5.41, 5.74) is 2.94. The fraction of sp³-hybridized carbons (Fsp3) is 0.200. The molecule has 56 valence electrons. The van der Waals surface area contributed by atoms with Gasteiger partial charge in [-0.1, -0.05) is 48.6 Å². The Morgan fingerprint density at radius 2 is 1.91 bits per heavy atom. The molecule has 0 heterocycles. The summed E-state index contributed by atoms with van der Waals surface area (Å²) in [6.07, 6.45) is 4.42. The second kappa shape index (κ2) is 2.34. The molecule has 11 heavy (non-hydrogen) atoms. The number of rotatable bonds is 1. The topological polar surface area (TPSA) is 0 Å². The highest BCUT2D eigenvalue weighted by molar-refractivity contribution is 6.71. The van der Waals surface area contributed by atoms with E-state index in [9.17, 15) is 0 Å². The Hall–Kier alpha value is -0.823. The average molecular weight is 160 g/mol. The van der Waals surface area contributed by atoms with E-state index in [1.807, 2.05) is 0 Å². The molecule has 1 aromatic carbocycles. The van der Waals surface area contributed by atoms with Crippen molar-refractivity contribution in [3.63, 3.8) is 0 Å². The van der Waals surface area contributed by atoms with E-state index in [2.05, 4.69) is 43.4 Å². The van der Waals surface area contributed by atoms with Gasteiger partial charge in [0.1, 0.15) is 0 Å². The van der Waals surface area contributed by atoms with Gasteiger partial charge in [0.05, 0.1) is 8.80 Å². The lowest BCUT2D eigenvalue weighted by Gasteiger charge is -2.16. The lowest BCUT2D eigenvalue weighted by Crippen LogP contribution is -2.27. The molecule has 1 aromatic rings. The Balaban J connectivity index is 2.52. The van der Waals surface area contributed by atoms with Gasteiger partial charge >= 0.3 is 0 Å². The van der Waals surface area contributed by atoms with Gasteiger partial charge in [-0.05, 0) is 11.1 Å². The third-order valence-electron chi connectivity index (χ3n) is 2.23. The molecule has 0 spiro atoms. The molecule has 0 aliphatic heterocycles. The smallest absolute Gasteiger partial charge is 0.0655 e.